The zero-order valence-corrected chi connectivity index (χ0v) is 14.1. The van der Waals surface area contributed by atoms with Gasteiger partial charge in [0.1, 0.15) is 0 Å². The summed E-state index contributed by atoms with van der Waals surface area (Å²) in [5.74, 6) is 2.29. The summed E-state index contributed by atoms with van der Waals surface area (Å²) < 4.78 is 0.165. The summed E-state index contributed by atoms with van der Waals surface area (Å²) >= 11 is 4.04. The van der Waals surface area contributed by atoms with Crippen LogP contribution < -0.4 is 0 Å². The molecule has 0 N–H and O–H groups in total. The molecule has 0 unspecified atom stereocenters. The molecule has 0 nitrogen and oxygen atoms in total. The van der Waals surface area contributed by atoms with E-state index in [-0.39, 0.29) is 4.08 Å². The number of hydrogen-bond acceptors (Lipinski definition) is 2. The molecular weight excluding hydrogens is 280 g/mol. The molecular formula is C18H22S2. The number of rotatable bonds is 6. The van der Waals surface area contributed by atoms with Gasteiger partial charge in [0.25, 0.3) is 0 Å². The summed E-state index contributed by atoms with van der Waals surface area (Å²) in [5.41, 5.74) is 3.99. The minimum Gasteiger partial charge on any atom is -0.140 e. The molecule has 0 aliphatic heterocycles. The molecule has 0 heterocycles. The van der Waals surface area contributed by atoms with Crippen LogP contribution in [-0.2, 0) is 4.08 Å². The van der Waals surface area contributed by atoms with Crippen molar-refractivity contribution in [2.45, 2.75) is 24.9 Å². The molecule has 2 aromatic carbocycles. The van der Waals surface area contributed by atoms with Gasteiger partial charge in [-0.1, -0.05) is 68.4 Å². The average Bonchev–Trinajstić information content (AvgIpc) is 2.49. The van der Waals surface area contributed by atoms with E-state index in [0.717, 1.165) is 11.5 Å². The highest BCUT2D eigenvalue weighted by Gasteiger charge is 2.26. The third-order valence-electron chi connectivity index (χ3n) is 3.36. The topological polar surface area (TPSA) is 0 Å². The fourth-order valence-corrected chi connectivity index (χ4v) is 5.10. The molecule has 0 saturated heterocycles. The van der Waals surface area contributed by atoms with Crippen LogP contribution in [0.2, 0.25) is 0 Å². The van der Waals surface area contributed by atoms with Crippen molar-refractivity contribution in [3.05, 3.63) is 60.2 Å². The molecule has 2 aromatic rings. The van der Waals surface area contributed by atoms with Crippen LogP contribution in [0.4, 0.5) is 0 Å². The molecule has 0 amide bonds. The minimum absolute atomic E-state index is 0.165. The van der Waals surface area contributed by atoms with Crippen LogP contribution >= 0.6 is 23.5 Å². The lowest BCUT2D eigenvalue weighted by Gasteiger charge is -2.28. The quantitative estimate of drug-likeness (QED) is 0.597. The Kier molecular flexibility index (Phi) is 5.62. The van der Waals surface area contributed by atoms with Crippen molar-refractivity contribution in [3.8, 4) is 11.1 Å². The van der Waals surface area contributed by atoms with Gasteiger partial charge < -0.3 is 0 Å². The SMILES string of the molecule is CCSC(C)(SCC)c1ccc(-c2ccccc2)cc1. The summed E-state index contributed by atoms with van der Waals surface area (Å²) in [7, 11) is 0. The van der Waals surface area contributed by atoms with Gasteiger partial charge in [-0.25, -0.2) is 0 Å². The molecule has 0 atom stereocenters. The van der Waals surface area contributed by atoms with Crippen LogP contribution in [0.1, 0.15) is 26.3 Å². The largest absolute Gasteiger partial charge is 0.140 e. The molecule has 0 spiro atoms. The Bertz CT molecular complexity index is 511. The second-order valence-corrected chi connectivity index (χ2v) is 8.38. The van der Waals surface area contributed by atoms with Crippen molar-refractivity contribution in [3.63, 3.8) is 0 Å². The van der Waals surface area contributed by atoms with E-state index in [4.69, 9.17) is 0 Å². The van der Waals surface area contributed by atoms with Gasteiger partial charge in [-0.15, -0.1) is 23.5 Å². The van der Waals surface area contributed by atoms with E-state index >= 15 is 0 Å². The number of hydrogen-bond donors (Lipinski definition) is 0. The van der Waals surface area contributed by atoms with E-state index < -0.39 is 0 Å². The van der Waals surface area contributed by atoms with E-state index in [0.29, 0.717) is 0 Å². The lowest BCUT2D eigenvalue weighted by Crippen LogP contribution is -2.13. The molecule has 0 aromatic heterocycles. The third kappa shape index (κ3) is 3.62. The fourth-order valence-electron chi connectivity index (χ4n) is 2.36. The van der Waals surface area contributed by atoms with Crippen molar-refractivity contribution in [2.24, 2.45) is 0 Å². The Morgan fingerprint density at radius 3 is 1.75 bits per heavy atom. The molecule has 0 saturated carbocycles. The number of benzene rings is 2. The standard InChI is InChI=1S/C18H22S2/c1-4-19-18(3,20-5-2)17-13-11-16(12-14-17)15-9-7-6-8-10-15/h6-14H,4-5H2,1-3H3. The summed E-state index contributed by atoms with van der Waals surface area (Å²) in [6, 6.07) is 19.6. The molecule has 2 heteroatoms. The first kappa shape index (κ1) is 15.5. The van der Waals surface area contributed by atoms with E-state index in [1.807, 2.05) is 23.5 Å². The molecule has 0 radical (unpaired) electrons. The maximum absolute atomic E-state index is 2.34. The van der Waals surface area contributed by atoms with Crippen LogP contribution in [0.15, 0.2) is 54.6 Å². The average molecular weight is 303 g/mol. The molecule has 0 aliphatic carbocycles. The van der Waals surface area contributed by atoms with Crippen LogP contribution in [0.3, 0.4) is 0 Å². The Morgan fingerprint density at radius 2 is 1.25 bits per heavy atom. The van der Waals surface area contributed by atoms with Crippen LogP contribution in [0, 0.1) is 0 Å². The van der Waals surface area contributed by atoms with E-state index in [1.165, 1.54) is 16.7 Å². The summed E-state index contributed by atoms with van der Waals surface area (Å²) in [4.78, 5) is 0. The van der Waals surface area contributed by atoms with Crippen LogP contribution in [0.5, 0.6) is 0 Å². The molecule has 106 valence electrons. The van der Waals surface area contributed by atoms with Gasteiger partial charge in [0.2, 0.25) is 0 Å². The van der Waals surface area contributed by atoms with Crippen molar-refractivity contribution in [2.75, 3.05) is 11.5 Å². The zero-order valence-electron chi connectivity index (χ0n) is 12.4. The van der Waals surface area contributed by atoms with E-state index in [2.05, 4.69) is 75.4 Å². The van der Waals surface area contributed by atoms with Crippen LogP contribution in [0.25, 0.3) is 11.1 Å². The predicted molar refractivity (Wildman–Crippen MR) is 95.5 cm³/mol. The molecule has 2 rings (SSSR count). The van der Waals surface area contributed by atoms with Gasteiger partial charge in [-0.2, -0.15) is 0 Å². The highest BCUT2D eigenvalue weighted by atomic mass is 32.2. The second kappa shape index (κ2) is 7.24. The lowest BCUT2D eigenvalue weighted by molar-refractivity contribution is 1.01. The first-order chi connectivity index (χ1) is 9.69. The predicted octanol–water partition coefficient (Wildman–Crippen LogP) is 6.03. The Labute approximate surface area is 131 Å². The fraction of sp³-hybridized carbons (Fsp3) is 0.333. The van der Waals surface area contributed by atoms with E-state index in [1.54, 1.807) is 0 Å². The molecule has 0 bridgehead atoms. The Morgan fingerprint density at radius 1 is 0.750 bits per heavy atom. The Hall–Kier alpha value is -0.860. The maximum atomic E-state index is 2.34. The normalized spacial score (nSPS) is 11.6. The van der Waals surface area contributed by atoms with E-state index in [9.17, 15) is 0 Å². The van der Waals surface area contributed by atoms with Gasteiger partial charge in [0.05, 0.1) is 4.08 Å². The summed E-state index contributed by atoms with van der Waals surface area (Å²) in [5, 5.41) is 0. The van der Waals surface area contributed by atoms with Gasteiger partial charge in [0.15, 0.2) is 0 Å². The van der Waals surface area contributed by atoms with Crippen molar-refractivity contribution in [1.82, 2.24) is 0 Å². The van der Waals surface area contributed by atoms with Crippen molar-refractivity contribution >= 4 is 23.5 Å². The highest BCUT2D eigenvalue weighted by molar-refractivity contribution is 8.17. The number of thioether (sulfide) groups is 2. The summed E-state index contributed by atoms with van der Waals surface area (Å²) in [6.45, 7) is 6.81. The van der Waals surface area contributed by atoms with Gasteiger partial charge in [-0.3, -0.25) is 0 Å². The maximum Gasteiger partial charge on any atom is 0.0831 e. The van der Waals surface area contributed by atoms with Gasteiger partial charge in [0, 0.05) is 0 Å². The second-order valence-electron chi connectivity index (χ2n) is 4.76. The minimum atomic E-state index is 0.165. The van der Waals surface area contributed by atoms with Crippen molar-refractivity contribution in [1.29, 1.82) is 0 Å². The smallest absolute Gasteiger partial charge is 0.0831 e. The first-order valence-corrected chi connectivity index (χ1v) is 9.10. The molecule has 20 heavy (non-hydrogen) atoms. The van der Waals surface area contributed by atoms with Crippen LogP contribution in [-0.4, -0.2) is 11.5 Å². The summed E-state index contributed by atoms with van der Waals surface area (Å²) in [6.07, 6.45) is 0. The molecule has 0 aliphatic rings. The van der Waals surface area contributed by atoms with Gasteiger partial charge in [-0.05, 0) is 35.1 Å². The lowest BCUT2D eigenvalue weighted by atomic mass is 10.0. The third-order valence-corrected chi connectivity index (χ3v) is 6.21. The van der Waals surface area contributed by atoms with Gasteiger partial charge >= 0.3 is 0 Å². The Balaban J connectivity index is 2.27. The van der Waals surface area contributed by atoms with Crippen molar-refractivity contribution < 1.29 is 0 Å². The molecule has 0 fully saturated rings. The monoisotopic (exact) mass is 302 g/mol. The zero-order chi connectivity index (χ0) is 14.4. The first-order valence-electron chi connectivity index (χ1n) is 7.13. The highest BCUT2D eigenvalue weighted by Crippen LogP contribution is 2.46.